The Balaban J connectivity index is 1.83. The molecule has 0 bridgehead atoms. The fourth-order valence-electron chi connectivity index (χ4n) is 5.92. The highest BCUT2D eigenvalue weighted by molar-refractivity contribution is 6.30. The number of hydrogen-bond acceptors (Lipinski definition) is 7. The predicted molar refractivity (Wildman–Crippen MR) is 180 cm³/mol. The Morgan fingerprint density at radius 3 is 2.32 bits per heavy atom. The second kappa shape index (κ2) is 17.4. The van der Waals surface area contributed by atoms with Crippen LogP contribution in [0.2, 0.25) is 5.02 Å². The average Bonchev–Trinajstić information content (AvgIpc) is 3.01. The van der Waals surface area contributed by atoms with Crippen LogP contribution in [0, 0.1) is 11.8 Å². The molecule has 3 rings (SSSR count). The summed E-state index contributed by atoms with van der Waals surface area (Å²) in [6.07, 6.45) is 2.04. The standard InChI is InChI=1S/C36H48ClN3O7/c1-25(38-34(45)47-35(2,3)4)31(42)21-29(23-46-5)32(43)39-36(22-27-12-14-30(37)15-13-27)17-9-18-40(24-36)33(44)28(16-19-41)20-26-10-7-6-8-11-26/h6-8,10-15,19,25,28-29H,9,16-18,20-24H2,1-5H3,(H,38,45)(H,39,43)/t25-,28-,29-,36+/m0/s1. The molecule has 1 fully saturated rings. The monoisotopic (exact) mass is 669 g/mol. The van der Waals surface area contributed by atoms with Gasteiger partial charge in [0.05, 0.1) is 24.1 Å². The smallest absolute Gasteiger partial charge is 0.408 e. The van der Waals surface area contributed by atoms with E-state index in [-0.39, 0.29) is 43.6 Å². The van der Waals surface area contributed by atoms with E-state index in [0.717, 1.165) is 17.4 Å². The van der Waals surface area contributed by atoms with Gasteiger partial charge in [0.2, 0.25) is 11.8 Å². The molecular weight excluding hydrogens is 622 g/mol. The maximum Gasteiger partial charge on any atom is 0.408 e. The van der Waals surface area contributed by atoms with Crippen molar-refractivity contribution in [3.05, 3.63) is 70.7 Å². The molecule has 2 N–H and O–H groups in total. The predicted octanol–water partition coefficient (Wildman–Crippen LogP) is 4.94. The van der Waals surface area contributed by atoms with Gasteiger partial charge in [-0.1, -0.05) is 54.1 Å². The van der Waals surface area contributed by atoms with E-state index in [9.17, 15) is 24.0 Å². The van der Waals surface area contributed by atoms with E-state index in [1.165, 1.54) is 7.11 Å². The van der Waals surface area contributed by atoms with Gasteiger partial charge in [-0.3, -0.25) is 14.4 Å². The number of carbonyl (C=O) groups excluding carboxylic acids is 5. The van der Waals surface area contributed by atoms with Crippen molar-refractivity contribution in [2.45, 2.75) is 83.4 Å². The number of piperidine rings is 1. The molecule has 10 nitrogen and oxygen atoms in total. The lowest BCUT2D eigenvalue weighted by Crippen LogP contribution is -2.62. The third kappa shape index (κ3) is 12.1. The van der Waals surface area contributed by atoms with E-state index in [4.69, 9.17) is 21.1 Å². The molecule has 1 heterocycles. The number of rotatable bonds is 15. The maximum atomic E-state index is 13.9. The maximum absolute atomic E-state index is 13.9. The van der Waals surface area contributed by atoms with Gasteiger partial charge in [-0.2, -0.15) is 0 Å². The molecule has 1 aliphatic rings. The molecule has 1 saturated heterocycles. The zero-order chi connectivity index (χ0) is 34.6. The topological polar surface area (TPSA) is 131 Å². The molecule has 0 aliphatic carbocycles. The first-order valence-electron chi connectivity index (χ1n) is 16.1. The van der Waals surface area contributed by atoms with Crippen LogP contribution in [0.4, 0.5) is 4.79 Å². The van der Waals surface area contributed by atoms with Gasteiger partial charge in [0.1, 0.15) is 11.9 Å². The molecule has 11 heteroatoms. The van der Waals surface area contributed by atoms with Crippen molar-refractivity contribution in [1.29, 1.82) is 0 Å². The van der Waals surface area contributed by atoms with Crippen molar-refractivity contribution in [1.82, 2.24) is 15.5 Å². The second-order valence-electron chi connectivity index (χ2n) is 13.4. The molecule has 0 saturated carbocycles. The summed E-state index contributed by atoms with van der Waals surface area (Å²) >= 11 is 6.15. The number of aldehydes is 1. The van der Waals surface area contributed by atoms with Crippen molar-refractivity contribution in [3.8, 4) is 0 Å². The number of likely N-dealkylation sites (tertiary alicyclic amines) is 1. The first kappa shape index (κ1) is 37.7. The highest BCUT2D eigenvalue weighted by Gasteiger charge is 2.41. The number of nitrogens with zero attached hydrogens (tertiary/aromatic N) is 1. The molecule has 47 heavy (non-hydrogen) atoms. The third-order valence-corrected chi connectivity index (χ3v) is 8.44. The van der Waals surface area contributed by atoms with Crippen LogP contribution in [-0.4, -0.2) is 78.9 Å². The summed E-state index contributed by atoms with van der Waals surface area (Å²) in [4.78, 5) is 66.6. The quantitative estimate of drug-likeness (QED) is 0.257. The number of benzene rings is 2. The van der Waals surface area contributed by atoms with E-state index in [2.05, 4.69) is 10.6 Å². The van der Waals surface area contributed by atoms with Gasteiger partial charge in [-0.05, 0) is 76.6 Å². The van der Waals surface area contributed by atoms with Gasteiger partial charge in [0.15, 0.2) is 5.78 Å². The van der Waals surface area contributed by atoms with Gasteiger partial charge in [-0.15, -0.1) is 0 Å². The van der Waals surface area contributed by atoms with Gasteiger partial charge in [-0.25, -0.2) is 4.79 Å². The van der Waals surface area contributed by atoms with Crippen molar-refractivity contribution in [2.75, 3.05) is 26.8 Å². The molecule has 2 aromatic rings. The fraction of sp³-hybridized carbons (Fsp3) is 0.528. The number of ketones is 1. The number of hydrogen-bond donors (Lipinski definition) is 2. The van der Waals surface area contributed by atoms with Crippen LogP contribution < -0.4 is 10.6 Å². The third-order valence-electron chi connectivity index (χ3n) is 8.19. The van der Waals surface area contributed by atoms with Crippen LogP contribution in [0.25, 0.3) is 0 Å². The highest BCUT2D eigenvalue weighted by Crippen LogP contribution is 2.29. The fourth-order valence-corrected chi connectivity index (χ4v) is 6.05. The first-order chi connectivity index (χ1) is 22.2. The molecule has 2 aromatic carbocycles. The van der Waals surface area contributed by atoms with Crippen molar-refractivity contribution < 1.29 is 33.4 Å². The van der Waals surface area contributed by atoms with E-state index >= 15 is 0 Å². The number of amides is 3. The number of nitrogens with one attached hydrogen (secondary N) is 2. The summed E-state index contributed by atoms with van der Waals surface area (Å²) in [6.45, 7) is 7.43. The zero-order valence-corrected chi connectivity index (χ0v) is 28.8. The Bertz CT molecular complexity index is 1360. The van der Waals surface area contributed by atoms with Gasteiger partial charge in [0.25, 0.3) is 0 Å². The number of carbonyl (C=O) groups is 5. The minimum atomic E-state index is -0.887. The molecule has 4 atom stereocenters. The van der Waals surface area contributed by atoms with Crippen LogP contribution in [-0.2, 0) is 41.5 Å². The lowest BCUT2D eigenvalue weighted by Gasteiger charge is -2.45. The highest BCUT2D eigenvalue weighted by atomic mass is 35.5. The minimum absolute atomic E-state index is 0.0190. The lowest BCUT2D eigenvalue weighted by atomic mass is 9.81. The Kier molecular flexibility index (Phi) is 14.0. The van der Waals surface area contributed by atoms with E-state index in [1.807, 2.05) is 42.5 Å². The van der Waals surface area contributed by atoms with Gasteiger partial charge in [0, 0.05) is 44.0 Å². The Morgan fingerprint density at radius 1 is 1.02 bits per heavy atom. The number of halogens is 1. The molecule has 1 aliphatic heterocycles. The molecule has 0 radical (unpaired) electrons. The normalized spacial score (nSPS) is 18.4. The number of ether oxygens (including phenoxy) is 2. The molecule has 0 aromatic heterocycles. The van der Waals surface area contributed by atoms with Crippen molar-refractivity contribution in [3.63, 3.8) is 0 Å². The lowest BCUT2D eigenvalue weighted by molar-refractivity contribution is -0.141. The minimum Gasteiger partial charge on any atom is -0.444 e. The molecule has 3 amide bonds. The molecule has 256 valence electrons. The van der Waals surface area contributed by atoms with E-state index < -0.39 is 35.1 Å². The summed E-state index contributed by atoms with van der Waals surface area (Å²) in [5.74, 6) is -2.25. The average molecular weight is 670 g/mol. The van der Waals surface area contributed by atoms with Gasteiger partial charge < -0.3 is 29.8 Å². The van der Waals surface area contributed by atoms with Crippen LogP contribution >= 0.6 is 11.6 Å². The number of alkyl carbamates (subject to hydrolysis) is 1. The van der Waals surface area contributed by atoms with Crippen LogP contribution in [0.15, 0.2) is 54.6 Å². The Morgan fingerprint density at radius 2 is 1.70 bits per heavy atom. The summed E-state index contributed by atoms with van der Waals surface area (Å²) < 4.78 is 10.6. The summed E-state index contributed by atoms with van der Waals surface area (Å²) in [5.41, 5.74) is 0.306. The summed E-state index contributed by atoms with van der Waals surface area (Å²) in [5, 5.41) is 6.35. The number of methoxy groups -OCH3 is 1. The Hall–Kier alpha value is -3.76. The Labute approximate surface area is 282 Å². The summed E-state index contributed by atoms with van der Waals surface area (Å²) in [7, 11) is 1.46. The van der Waals surface area contributed by atoms with E-state index in [0.29, 0.717) is 37.3 Å². The molecule has 0 spiro atoms. The largest absolute Gasteiger partial charge is 0.444 e. The van der Waals surface area contributed by atoms with Crippen molar-refractivity contribution in [2.24, 2.45) is 11.8 Å². The van der Waals surface area contributed by atoms with E-state index in [1.54, 1.807) is 44.7 Å². The van der Waals surface area contributed by atoms with Gasteiger partial charge >= 0.3 is 6.09 Å². The zero-order valence-electron chi connectivity index (χ0n) is 28.1. The molecule has 0 unspecified atom stereocenters. The first-order valence-corrected chi connectivity index (χ1v) is 16.5. The SMILES string of the molecule is COC[C@H](CC(=O)[C@H](C)NC(=O)OC(C)(C)C)C(=O)N[C@@]1(Cc2ccc(Cl)cc2)CCCN(C(=O)[C@@H](CC=O)Cc2ccccc2)C1. The van der Waals surface area contributed by atoms with Crippen LogP contribution in [0.3, 0.4) is 0 Å². The second-order valence-corrected chi connectivity index (χ2v) is 13.9. The summed E-state index contributed by atoms with van der Waals surface area (Å²) in [6, 6.07) is 16.0. The molecular formula is C36H48ClN3O7. The number of Topliss-reactive ketones (excluding diaryl/α,β-unsaturated/α-hetero) is 1. The van der Waals surface area contributed by atoms with Crippen LogP contribution in [0.1, 0.15) is 64.5 Å². The van der Waals surface area contributed by atoms with Crippen molar-refractivity contribution >= 4 is 41.6 Å². The van der Waals surface area contributed by atoms with Crippen LogP contribution in [0.5, 0.6) is 0 Å².